The van der Waals surface area contributed by atoms with Crippen molar-refractivity contribution in [2.75, 3.05) is 21.0 Å². The third-order valence-corrected chi connectivity index (χ3v) is 6.69. The molecular formula is C27H26N2O4S. The second-order valence-corrected chi connectivity index (χ2v) is 8.71. The van der Waals surface area contributed by atoms with Crippen LogP contribution in [0.1, 0.15) is 18.1 Å². The number of fused-ring (bicyclic) bond motifs is 1. The molecule has 1 aromatic heterocycles. The first-order chi connectivity index (χ1) is 16.7. The lowest BCUT2D eigenvalue weighted by atomic mass is 10.1. The Labute approximate surface area is 202 Å². The molecule has 0 radical (unpaired) electrons. The summed E-state index contributed by atoms with van der Waals surface area (Å²) in [5.74, 6) is 3.04. The molecule has 3 aromatic carbocycles. The highest BCUT2D eigenvalue weighted by Crippen LogP contribution is 2.35. The Morgan fingerprint density at radius 2 is 1.71 bits per heavy atom. The summed E-state index contributed by atoms with van der Waals surface area (Å²) in [6.07, 6.45) is 1.00. The molecule has 0 N–H and O–H groups in total. The van der Waals surface area contributed by atoms with E-state index in [4.69, 9.17) is 23.9 Å². The number of benzene rings is 3. The third-order valence-electron chi connectivity index (χ3n) is 5.83. The zero-order valence-corrected chi connectivity index (χ0v) is 20.2. The average Bonchev–Trinajstić information content (AvgIpc) is 3.51. The van der Waals surface area contributed by atoms with E-state index >= 15 is 0 Å². The molecule has 0 saturated heterocycles. The van der Waals surface area contributed by atoms with Crippen LogP contribution in [-0.2, 0) is 13.0 Å². The van der Waals surface area contributed by atoms with Crippen LogP contribution in [0.3, 0.4) is 0 Å². The summed E-state index contributed by atoms with van der Waals surface area (Å²) in [5.41, 5.74) is 5.31. The van der Waals surface area contributed by atoms with Gasteiger partial charge in [-0.2, -0.15) is 0 Å². The Morgan fingerprint density at radius 1 is 0.912 bits per heavy atom. The van der Waals surface area contributed by atoms with Gasteiger partial charge in [0.15, 0.2) is 16.3 Å². The Hall–Kier alpha value is -3.71. The van der Waals surface area contributed by atoms with E-state index in [-0.39, 0.29) is 6.79 Å². The Bertz CT molecular complexity index is 1370. The molecule has 0 spiro atoms. The highest BCUT2D eigenvalue weighted by atomic mass is 32.1. The number of methoxy groups -OCH3 is 2. The fourth-order valence-corrected chi connectivity index (χ4v) is 4.86. The molecule has 0 fully saturated rings. The molecule has 2 heterocycles. The number of aryl methyl sites for hydroxylation is 1. The fraction of sp³-hybridized carbons (Fsp3) is 0.222. The summed E-state index contributed by atoms with van der Waals surface area (Å²) < 4.78 is 24.4. The van der Waals surface area contributed by atoms with Gasteiger partial charge in [0.2, 0.25) is 6.79 Å². The lowest BCUT2D eigenvalue weighted by molar-refractivity contribution is 0.174. The highest BCUT2D eigenvalue weighted by Gasteiger charge is 2.17. The summed E-state index contributed by atoms with van der Waals surface area (Å²) in [6.45, 7) is 3.03. The molecule has 7 heteroatoms. The van der Waals surface area contributed by atoms with Crippen molar-refractivity contribution in [2.24, 2.45) is 4.99 Å². The van der Waals surface area contributed by atoms with E-state index in [1.807, 2.05) is 30.3 Å². The molecule has 174 valence electrons. The first-order valence-corrected chi connectivity index (χ1v) is 12.0. The molecule has 0 bridgehead atoms. The minimum absolute atomic E-state index is 0.257. The van der Waals surface area contributed by atoms with Crippen molar-refractivity contribution in [3.8, 4) is 34.3 Å². The van der Waals surface area contributed by atoms with Crippen LogP contribution in [0.5, 0.6) is 23.0 Å². The summed E-state index contributed by atoms with van der Waals surface area (Å²) in [4.78, 5) is 5.88. The maximum Gasteiger partial charge on any atom is 0.231 e. The van der Waals surface area contributed by atoms with Crippen LogP contribution in [0.2, 0.25) is 0 Å². The van der Waals surface area contributed by atoms with Gasteiger partial charge in [-0.05, 0) is 53.9 Å². The molecule has 0 saturated carbocycles. The molecule has 4 aromatic rings. The van der Waals surface area contributed by atoms with Gasteiger partial charge in [0.05, 0.1) is 32.1 Å². The fourth-order valence-electron chi connectivity index (χ4n) is 3.94. The minimum Gasteiger partial charge on any atom is -0.497 e. The van der Waals surface area contributed by atoms with E-state index in [1.165, 1.54) is 5.56 Å². The summed E-state index contributed by atoms with van der Waals surface area (Å²) in [5, 5.41) is 2.12. The van der Waals surface area contributed by atoms with Crippen LogP contribution in [0.25, 0.3) is 11.3 Å². The first kappa shape index (κ1) is 22.1. The molecule has 1 aliphatic heterocycles. The van der Waals surface area contributed by atoms with Gasteiger partial charge < -0.3 is 23.5 Å². The van der Waals surface area contributed by atoms with E-state index in [0.717, 1.165) is 56.7 Å². The molecule has 0 amide bonds. The topological polar surface area (TPSA) is 54.2 Å². The van der Waals surface area contributed by atoms with Crippen molar-refractivity contribution in [1.82, 2.24) is 4.57 Å². The quantitative estimate of drug-likeness (QED) is 0.339. The number of aromatic nitrogens is 1. The van der Waals surface area contributed by atoms with Crippen molar-refractivity contribution in [1.29, 1.82) is 0 Å². The number of ether oxygens (including phenoxy) is 4. The minimum atomic E-state index is 0.257. The van der Waals surface area contributed by atoms with Gasteiger partial charge in [-0.1, -0.05) is 25.1 Å². The van der Waals surface area contributed by atoms with E-state index in [1.54, 1.807) is 25.6 Å². The van der Waals surface area contributed by atoms with Crippen LogP contribution in [0.15, 0.2) is 71.0 Å². The zero-order chi connectivity index (χ0) is 23.5. The van der Waals surface area contributed by atoms with E-state index in [0.29, 0.717) is 6.54 Å². The smallest absolute Gasteiger partial charge is 0.231 e. The SMILES string of the molecule is CCc1ccc(N=c2scc(-c3ccc(OC)cc3OC)n2Cc2ccc3c(c2)OCO3)cc1. The second-order valence-electron chi connectivity index (χ2n) is 7.88. The predicted octanol–water partition coefficient (Wildman–Crippen LogP) is 5.81. The van der Waals surface area contributed by atoms with Gasteiger partial charge in [0.25, 0.3) is 0 Å². The van der Waals surface area contributed by atoms with Gasteiger partial charge in [0, 0.05) is 17.0 Å². The largest absolute Gasteiger partial charge is 0.497 e. The van der Waals surface area contributed by atoms with Gasteiger partial charge >= 0.3 is 0 Å². The van der Waals surface area contributed by atoms with Crippen molar-refractivity contribution >= 4 is 17.0 Å². The number of hydrogen-bond acceptors (Lipinski definition) is 6. The lowest BCUT2D eigenvalue weighted by Crippen LogP contribution is -2.17. The highest BCUT2D eigenvalue weighted by molar-refractivity contribution is 7.07. The molecule has 6 nitrogen and oxygen atoms in total. The number of hydrogen-bond donors (Lipinski definition) is 0. The summed E-state index contributed by atoms with van der Waals surface area (Å²) in [7, 11) is 3.33. The summed E-state index contributed by atoms with van der Waals surface area (Å²) in [6, 6.07) is 20.3. The van der Waals surface area contributed by atoms with Crippen LogP contribution in [0.4, 0.5) is 5.69 Å². The predicted molar refractivity (Wildman–Crippen MR) is 134 cm³/mol. The molecule has 5 rings (SSSR count). The molecule has 0 unspecified atom stereocenters. The monoisotopic (exact) mass is 474 g/mol. The van der Waals surface area contributed by atoms with Gasteiger partial charge in [-0.3, -0.25) is 0 Å². The van der Waals surface area contributed by atoms with Crippen molar-refractivity contribution in [3.63, 3.8) is 0 Å². The van der Waals surface area contributed by atoms with Crippen LogP contribution in [-0.4, -0.2) is 25.6 Å². The average molecular weight is 475 g/mol. The first-order valence-electron chi connectivity index (χ1n) is 11.1. The molecule has 1 aliphatic rings. The lowest BCUT2D eigenvalue weighted by Gasteiger charge is -2.14. The summed E-state index contributed by atoms with van der Waals surface area (Å²) >= 11 is 1.60. The number of nitrogens with zero attached hydrogens (tertiary/aromatic N) is 2. The van der Waals surface area contributed by atoms with E-state index in [9.17, 15) is 0 Å². The van der Waals surface area contributed by atoms with Crippen molar-refractivity contribution in [2.45, 2.75) is 19.9 Å². The van der Waals surface area contributed by atoms with Gasteiger partial charge in [-0.15, -0.1) is 11.3 Å². The van der Waals surface area contributed by atoms with E-state index in [2.05, 4.69) is 47.2 Å². The van der Waals surface area contributed by atoms with Crippen molar-refractivity contribution < 1.29 is 18.9 Å². The molecule has 0 aliphatic carbocycles. The Kier molecular flexibility index (Phi) is 6.27. The molecular weight excluding hydrogens is 448 g/mol. The Morgan fingerprint density at radius 3 is 2.47 bits per heavy atom. The maximum atomic E-state index is 5.71. The Balaban J connectivity index is 1.62. The maximum absolute atomic E-state index is 5.71. The number of thiazole rings is 1. The number of rotatable bonds is 7. The zero-order valence-electron chi connectivity index (χ0n) is 19.4. The van der Waals surface area contributed by atoms with Crippen LogP contribution < -0.4 is 23.7 Å². The standard InChI is InChI=1S/C27H26N2O4S/c1-4-18-5-8-20(9-6-18)28-27-29(15-19-7-12-24-26(13-19)33-17-32-24)23(16-34-27)22-11-10-21(30-2)14-25(22)31-3/h5-14,16H,4,15,17H2,1-3H3. The van der Waals surface area contributed by atoms with Crippen LogP contribution in [0, 0.1) is 0 Å². The van der Waals surface area contributed by atoms with E-state index < -0.39 is 0 Å². The molecule has 0 atom stereocenters. The van der Waals surface area contributed by atoms with Gasteiger partial charge in [0.1, 0.15) is 11.5 Å². The van der Waals surface area contributed by atoms with Crippen molar-refractivity contribution in [3.05, 3.63) is 82.0 Å². The second kappa shape index (κ2) is 9.65. The molecule has 34 heavy (non-hydrogen) atoms. The van der Waals surface area contributed by atoms with Gasteiger partial charge in [-0.25, -0.2) is 4.99 Å². The third kappa shape index (κ3) is 4.39. The normalized spacial score (nSPS) is 12.7. The van der Waals surface area contributed by atoms with Crippen LogP contribution >= 0.6 is 11.3 Å².